The van der Waals surface area contributed by atoms with Gasteiger partial charge in [0.2, 0.25) is 11.9 Å². The maximum absolute atomic E-state index is 15.8. The SMILES string of the molecule is C[C@@H]1CN(c2cc(F)c(-c3ccnc(N4CCOCC4)n3)cc2NC(=O)C2C=NC(=O)C=C2C(F)F)C[C@H](C)N1C. The number of amides is 2. The zero-order valence-electron chi connectivity index (χ0n) is 23.1. The van der Waals surface area contributed by atoms with E-state index in [2.05, 4.69) is 39.0 Å². The van der Waals surface area contributed by atoms with Crippen molar-refractivity contribution in [2.24, 2.45) is 10.9 Å². The van der Waals surface area contributed by atoms with Crippen molar-refractivity contribution in [3.05, 3.63) is 41.9 Å². The summed E-state index contributed by atoms with van der Waals surface area (Å²) in [6.07, 6.45) is 0.118. The number of carbonyl (C=O) groups excluding carboxylic acids is 2. The van der Waals surface area contributed by atoms with E-state index in [1.54, 1.807) is 6.07 Å². The number of ether oxygens (including phenoxy) is 1. The molecule has 41 heavy (non-hydrogen) atoms. The minimum atomic E-state index is -3.02. The highest BCUT2D eigenvalue weighted by atomic mass is 19.3. The van der Waals surface area contributed by atoms with E-state index in [-0.39, 0.29) is 23.3 Å². The monoisotopic (exact) mass is 571 g/mol. The van der Waals surface area contributed by atoms with E-state index in [1.807, 2.05) is 16.8 Å². The number of carbonyl (C=O) groups is 2. The van der Waals surface area contributed by atoms with Crippen molar-refractivity contribution in [3.63, 3.8) is 0 Å². The number of hydrogen-bond acceptors (Lipinski definition) is 8. The first-order valence-electron chi connectivity index (χ1n) is 13.5. The van der Waals surface area contributed by atoms with Crippen LogP contribution in [-0.4, -0.2) is 97.8 Å². The Balaban J connectivity index is 1.54. The topological polar surface area (TPSA) is 103 Å². The van der Waals surface area contributed by atoms with Crippen LogP contribution in [-0.2, 0) is 14.3 Å². The third-order valence-corrected chi connectivity index (χ3v) is 7.79. The lowest BCUT2D eigenvalue weighted by Crippen LogP contribution is -2.55. The minimum absolute atomic E-state index is 0.119. The zero-order valence-corrected chi connectivity index (χ0v) is 23.1. The number of benzene rings is 1. The average Bonchev–Trinajstić information content (AvgIpc) is 2.96. The first-order valence-corrected chi connectivity index (χ1v) is 13.5. The van der Waals surface area contributed by atoms with Crippen LogP contribution in [0.4, 0.5) is 30.5 Å². The number of hydrogen-bond donors (Lipinski definition) is 1. The Hall–Kier alpha value is -3.84. The fourth-order valence-corrected chi connectivity index (χ4v) is 5.27. The van der Waals surface area contributed by atoms with Gasteiger partial charge >= 0.3 is 0 Å². The summed E-state index contributed by atoms with van der Waals surface area (Å²) in [5, 5.41) is 2.73. The van der Waals surface area contributed by atoms with Crippen LogP contribution in [0.2, 0.25) is 0 Å². The van der Waals surface area contributed by atoms with E-state index < -0.39 is 35.5 Å². The summed E-state index contributed by atoms with van der Waals surface area (Å²) >= 11 is 0. The van der Waals surface area contributed by atoms with Crippen LogP contribution in [0.5, 0.6) is 0 Å². The van der Waals surface area contributed by atoms with Gasteiger partial charge in [0.1, 0.15) is 11.7 Å². The summed E-state index contributed by atoms with van der Waals surface area (Å²) in [5.74, 6) is -3.24. The lowest BCUT2D eigenvalue weighted by molar-refractivity contribution is -0.117. The van der Waals surface area contributed by atoms with Crippen molar-refractivity contribution in [1.82, 2.24) is 14.9 Å². The molecule has 0 bridgehead atoms. The molecule has 0 aliphatic carbocycles. The summed E-state index contributed by atoms with van der Waals surface area (Å²) in [5.41, 5.74) is 0.438. The number of aromatic nitrogens is 2. The highest BCUT2D eigenvalue weighted by Gasteiger charge is 2.33. The molecule has 2 aromatic rings. The van der Waals surface area contributed by atoms with Crippen LogP contribution in [0.3, 0.4) is 0 Å². The van der Waals surface area contributed by atoms with Crippen molar-refractivity contribution in [2.75, 3.05) is 61.6 Å². The van der Waals surface area contributed by atoms with Gasteiger partial charge in [0, 0.05) is 67.9 Å². The summed E-state index contributed by atoms with van der Waals surface area (Å²) in [4.78, 5) is 43.5. The Labute approximate surface area is 235 Å². The number of nitrogens with zero attached hydrogens (tertiary/aromatic N) is 6. The second-order valence-corrected chi connectivity index (χ2v) is 10.5. The predicted molar refractivity (Wildman–Crippen MR) is 149 cm³/mol. The Kier molecular flexibility index (Phi) is 8.36. The number of dihydropyridines is 1. The molecule has 0 spiro atoms. The second kappa shape index (κ2) is 12.0. The smallest absolute Gasteiger partial charge is 0.269 e. The zero-order chi connectivity index (χ0) is 29.3. The van der Waals surface area contributed by atoms with Gasteiger partial charge in [-0.25, -0.2) is 28.1 Å². The molecule has 3 aliphatic rings. The maximum Gasteiger partial charge on any atom is 0.269 e. The van der Waals surface area contributed by atoms with Gasteiger partial charge in [-0.15, -0.1) is 0 Å². The number of morpholine rings is 1. The van der Waals surface area contributed by atoms with Crippen molar-refractivity contribution in [2.45, 2.75) is 32.4 Å². The lowest BCUT2D eigenvalue weighted by atomic mass is 9.96. The fourth-order valence-electron chi connectivity index (χ4n) is 5.27. The fraction of sp³-hybridized carbons (Fsp3) is 0.464. The molecule has 1 N–H and O–H groups in total. The second-order valence-electron chi connectivity index (χ2n) is 10.5. The maximum atomic E-state index is 15.8. The van der Waals surface area contributed by atoms with Gasteiger partial charge in [0.05, 0.1) is 30.3 Å². The van der Waals surface area contributed by atoms with Gasteiger partial charge in [0.25, 0.3) is 12.3 Å². The summed E-state index contributed by atoms with van der Waals surface area (Å²) in [6, 6.07) is 4.65. The molecule has 218 valence electrons. The molecule has 3 atom stereocenters. The van der Waals surface area contributed by atoms with E-state index >= 15 is 4.39 Å². The molecule has 0 radical (unpaired) electrons. The van der Waals surface area contributed by atoms with Crippen molar-refractivity contribution in [1.29, 1.82) is 0 Å². The largest absolute Gasteiger partial charge is 0.378 e. The Morgan fingerprint density at radius 2 is 1.83 bits per heavy atom. The minimum Gasteiger partial charge on any atom is -0.378 e. The molecule has 1 unspecified atom stereocenters. The van der Waals surface area contributed by atoms with Gasteiger partial charge in [-0.05, 0) is 39.1 Å². The Morgan fingerprint density at radius 3 is 2.51 bits per heavy atom. The molecule has 4 heterocycles. The van der Waals surface area contributed by atoms with E-state index in [0.29, 0.717) is 62.8 Å². The Morgan fingerprint density at radius 1 is 1.12 bits per heavy atom. The number of aliphatic imine (C=N–C) groups is 1. The normalized spacial score (nSPS) is 23.6. The van der Waals surface area contributed by atoms with Crippen LogP contribution in [0, 0.1) is 11.7 Å². The number of alkyl halides is 2. The van der Waals surface area contributed by atoms with Gasteiger partial charge < -0.3 is 19.9 Å². The number of halogens is 3. The number of nitrogens with one attached hydrogen (secondary N) is 1. The highest BCUT2D eigenvalue weighted by molar-refractivity contribution is 6.11. The molecule has 2 amide bonds. The van der Waals surface area contributed by atoms with Gasteiger partial charge in [0.15, 0.2) is 0 Å². The van der Waals surface area contributed by atoms with Crippen LogP contribution >= 0.6 is 0 Å². The Bertz CT molecular complexity index is 1370. The lowest BCUT2D eigenvalue weighted by Gasteiger charge is -2.44. The molecule has 10 nitrogen and oxygen atoms in total. The molecule has 2 saturated heterocycles. The summed E-state index contributed by atoms with van der Waals surface area (Å²) in [6.45, 7) is 7.45. The van der Waals surface area contributed by atoms with Crippen molar-refractivity contribution in [3.8, 4) is 11.3 Å². The molecular formula is C28H32F3N7O3. The standard InChI is InChI=1S/C28H32F3N7O3/c1-16-14-38(15-17(2)36(16)3)24-12-21(29)19(22-4-5-32-28(35-22)37-6-8-41-9-7-37)10-23(24)34-27(40)20-13-33-25(39)11-18(20)26(30)31/h4-5,10-13,16-17,20,26H,6-9,14-15H2,1-3H3,(H,34,40)/t16-,17+,20?. The quantitative estimate of drug-likeness (QED) is 0.565. The first kappa shape index (κ1) is 28.7. The van der Waals surface area contributed by atoms with Crippen LogP contribution in [0.25, 0.3) is 11.3 Å². The van der Waals surface area contributed by atoms with Crippen LogP contribution < -0.4 is 15.1 Å². The molecule has 0 saturated carbocycles. The summed E-state index contributed by atoms with van der Waals surface area (Å²) < 4.78 is 48.6. The van der Waals surface area contributed by atoms with Crippen LogP contribution in [0.15, 0.2) is 41.0 Å². The molecule has 3 aliphatic heterocycles. The number of piperazine rings is 1. The number of rotatable bonds is 6. The molecule has 5 rings (SSSR count). The van der Waals surface area contributed by atoms with E-state index in [0.717, 1.165) is 6.21 Å². The molecule has 1 aromatic heterocycles. The van der Waals surface area contributed by atoms with E-state index in [4.69, 9.17) is 4.74 Å². The third kappa shape index (κ3) is 6.10. The number of anilines is 3. The highest BCUT2D eigenvalue weighted by Crippen LogP contribution is 2.36. The molecule has 2 fully saturated rings. The predicted octanol–water partition coefficient (Wildman–Crippen LogP) is 3.01. The average molecular weight is 572 g/mol. The van der Waals surface area contributed by atoms with Crippen LogP contribution in [0.1, 0.15) is 13.8 Å². The van der Waals surface area contributed by atoms with E-state index in [9.17, 15) is 18.4 Å². The van der Waals surface area contributed by atoms with Gasteiger partial charge in [-0.2, -0.15) is 0 Å². The van der Waals surface area contributed by atoms with E-state index in [1.165, 1.54) is 18.3 Å². The molecular weight excluding hydrogens is 539 g/mol. The molecule has 13 heteroatoms. The van der Waals surface area contributed by atoms with Crippen molar-refractivity contribution >= 4 is 35.4 Å². The third-order valence-electron chi connectivity index (χ3n) is 7.79. The number of likely N-dealkylation sites (N-methyl/N-ethyl adjacent to an activating group) is 1. The van der Waals surface area contributed by atoms with Gasteiger partial charge in [-0.3, -0.25) is 14.5 Å². The van der Waals surface area contributed by atoms with Crippen molar-refractivity contribution < 1.29 is 27.5 Å². The first-order chi connectivity index (χ1) is 19.6. The van der Waals surface area contributed by atoms with Gasteiger partial charge in [-0.1, -0.05) is 0 Å². The molecule has 1 aromatic carbocycles. The summed E-state index contributed by atoms with van der Waals surface area (Å²) in [7, 11) is 2.02.